The Bertz CT molecular complexity index is 164. The fraction of sp³-hybridized carbons (Fsp3) is 0.800. The van der Waals surface area contributed by atoms with Crippen molar-refractivity contribution in [3.8, 4) is 0 Å². The quantitative estimate of drug-likeness (QED) is 0.601. The summed E-state index contributed by atoms with van der Waals surface area (Å²) in [6.45, 7) is 0.356. The first-order chi connectivity index (χ1) is 5.35. The van der Waals surface area contributed by atoms with Crippen LogP contribution in [0.3, 0.4) is 0 Å². The Morgan fingerprint density at radius 2 is 2.09 bits per heavy atom. The summed E-state index contributed by atoms with van der Waals surface area (Å²) in [5.41, 5.74) is 0.406. The summed E-state index contributed by atoms with van der Waals surface area (Å²) in [5, 5.41) is 8.90. The zero-order valence-corrected chi connectivity index (χ0v) is 6.92. The molecule has 0 spiro atoms. The molecule has 0 atom stereocenters. The molecule has 62 valence electrons. The normalized spacial score (nSPS) is 41.4. The highest BCUT2D eigenvalue weighted by Gasteiger charge is 2.35. The predicted molar refractivity (Wildman–Crippen MR) is 45.2 cm³/mol. The molecule has 0 aromatic carbocycles. The van der Waals surface area contributed by atoms with Gasteiger partial charge in [-0.15, -0.1) is 0 Å². The minimum atomic E-state index is 0.356. The molecular weight excluding hydrogens is 136 g/mol. The Balaban J connectivity index is 2.11. The smallest absolute Gasteiger partial charge is 0.0439 e. The highest BCUT2D eigenvalue weighted by atomic mass is 16.3. The van der Waals surface area contributed by atoms with Crippen LogP contribution in [0.2, 0.25) is 0 Å². The molecular formula is C10H16O. The van der Waals surface area contributed by atoms with Crippen molar-refractivity contribution in [2.75, 3.05) is 6.61 Å². The van der Waals surface area contributed by atoms with Gasteiger partial charge in [-0.05, 0) is 43.4 Å². The second-order valence-corrected chi connectivity index (χ2v) is 4.03. The molecule has 3 aliphatic carbocycles. The van der Waals surface area contributed by atoms with E-state index in [1.165, 1.54) is 25.7 Å². The van der Waals surface area contributed by atoms with Crippen LogP contribution in [-0.2, 0) is 0 Å². The zero-order chi connectivity index (χ0) is 7.73. The van der Waals surface area contributed by atoms with Gasteiger partial charge in [0.1, 0.15) is 0 Å². The predicted octanol–water partition coefficient (Wildman–Crippen LogP) is 2.12. The number of hydrogen-bond acceptors (Lipinski definition) is 1. The summed E-state index contributed by atoms with van der Waals surface area (Å²) >= 11 is 0. The number of aliphatic hydroxyl groups is 1. The average molecular weight is 152 g/mol. The van der Waals surface area contributed by atoms with Crippen LogP contribution >= 0.6 is 0 Å². The molecule has 0 aromatic rings. The Morgan fingerprint density at radius 3 is 2.55 bits per heavy atom. The number of fused-ring (bicyclic) bond motifs is 2. The summed E-state index contributed by atoms with van der Waals surface area (Å²) in [4.78, 5) is 0. The van der Waals surface area contributed by atoms with Crippen molar-refractivity contribution in [1.29, 1.82) is 0 Å². The fourth-order valence-corrected chi connectivity index (χ4v) is 2.47. The molecule has 3 rings (SSSR count). The molecule has 0 aromatic heterocycles. The van der Waals surface area contributed by atoms with Gasteiger partial charge >= 0.3 is 0 Å². The second kappa shape index (κ2) is 2.63. The van der Waals surface area contributed by atoms with Crippen molar-refractivity contribution in [1.82, 2.24) is 0 Å². The van der Waals surface area contributed by atoms with E-state index in [9.17, 15) is 0 Å². The minimum absolute atomic E-state index is 0.356. The molecule has 0 saturated heterocycles. The van der Waals surface area contributed by atoms with Gasteiger partial charge in [0.2, 0.25) is 0 Å². The molecule has 0 heterocycles. The zero-order valence-electron chi connectivity index (χ0n) is 6.92. The monoisotopic (exact) mass is 152 g/mol. The highest BCUT2D eigenvalue weighted by Crippen LogP contribution is 2.47. The van der Waals surface area contributed by atoms with Crippen LogP contribution in [0.4, 0.5) is 0 Å². The van der Waals surface area contributed by atoms with Crippen molar-refractivity contribution in [3.63, 3.8) is 0 Å². The van der Waals surface area contributed by atoms with Gasteiger partial charge in [-0.2, -0.15) is 0 Å². The summed E-state index contributed by atoms with van der Waals surface area (Å²) in [6.07, 6.45) is 11.1. The number of aliphatic hydroxyl groups excluding tert-OH is 1. The van der Waals surface area contributed by atoms with E-state index in [0.29, 0.717) is 12.0 Å². The third-order valence-corrected chi connectivity index (χ3v) is 3.36. The Morgan fingerprint density at radius 1 is 1.36 bits per heavy atom. The Kier molecular flexibility index (Phi) is 1.76. The largest absolute Gasteiger partial charge is 0.396 e. The fourth-order valence-electron chi connectivity index (χ4n) is 2.47. The second-order valence-electron chi connectivity index (χ2n) is 4.03. The number of allylic oxidation sites excluding steroid dienone is 2. The minimum Gasteiger partial charge on any atom is -0.396 e. The maximum atomic E-state index is 8.90. The molecule has 1 heteroatoms. The maximum absolute atomic E-state index is 8.90. The molecule has 1 nitrogen and oxygen atoms in total. The number of rotatable bonds is 2. The van der Waals surface area contributed by atoms with Crippen LogP contribution < -0.4 is 0 Å². The summed E-state index contributed by atoms with van der Waals surface area (Å²) in [5.74, 6) is 0.871. The summed E-state index contributed by atoms with van der Waals surface area (Å²) in [7, 11) is 0. The summed E-state index contributed by atoms with van der Waals surface area (Å²) < 4.78 is 0. The van der Waals surface area contributed by atoms with Gasteiger partial charge in [-0.1, -0.05) is 12.2 Å². The van der Waals surface area contributed by atoms with Gasteiger partial charge in [-0.25, -0.2) is 0 Å². The van der Waals surface area contributed by atoms with Crippen molar-refractivity contribution < 1.29 is 5.11 Å². The van der Waals surface area contributed by atoms with E-state index in [-0.39, 0.29) is 0 Å². The van der Waals surface area contributed by atoms with Crippen molar-refractivity contribution in [3.05, 3.63) is 12.2 Å². The lowest BCUT2D eigenvalue weighted by Crippen LogP contribution is -2.30. The van der Waals surface area contributed by atoms with Crippen molar-refractivity contribution in [2.45, 2.75) is 32.1 Å². The van der Waals surface area contributed by atoms with Crippen molar-refractivity contribution in [2.24, 2.45) is 11.3 Å². The lowest BCUT2D eigenvalue weighted by Gasteiger charge is -2.41. The molecule has 0 aliphatic heterocycles. The van der Waals surface area contributed by atoms with E-state index in [0.717, 1.165) is 12.3 Å². The van der Waals surface area contributed by atoms with E-state index >= 15 is 0 Å². The Labute approximate surface area is 68.1 Å². The molecule has 2 bridgehead atoms. The summed E-state index contributed by atoms with van der Waals surface area (Å²) in [6, 6.07) is 0. The molecule has 0 unspecified atom stereocenters. The molecule has 3 aliphatic rings. The van der Waals surface area contributed by atoms with Crippen LogP contribution in [0.25, 0.3) is 0 Å². The van der Waals surface area contributed by atoms with Crippen LogP contribution in [0.5, 0.6) is 0 Å². The standard InChI is InChI=1S/C10H16O/c11-8-7-10-4-1-9(2-5-10)3-6-10/h1,4,9,11H,2-3,5-8H2. The van der Waals surface area contributed by atoms with Crippen LogP contribution in [0, 0.1) is 11.3 Å². The first kappa shape index (κ1) is 7.35. The lowest BCUT2D eigenvalue weighted by atomic mass is 9.64. The van der Waals surface area contributed by atoms with Gasteiger partial charge in [0.15, 0.2) is 0 Å². The van der Waals surface area contributed by atoms with Crippen LogP contribution in [-0.4, -0.2) is 11.7 Å². The lowest BCUT2D eigenvalue weighted by molar-refractivity contribution is 0.146. The highest BCUT2D eigenvalue weighted by molar-refractivity contribution is 5.10. The van der Waals surface area contributed by atoms with E-state index in [4.69, 9.17) is 5.11 Å². The maximum Gasteiger partial charge on any atom is 0.0439 e. The van der Waals surface area contributed by atoms with Gasteiger partial charge in [0.05, 0.1) is 0 Å². The van der Waals surface area contributed by atoms with Crippen LogP contribution in [0.1, 0.15) is 32.1 Å². The number of hydrogen-bond donors (Lipinski definition) is 1. The van der Waals surface area contributed by atoms with Gasteiger partial charge < -0.3 is 5.11 Å². The van der Waals surface area contributed by atoms with Gasteiger partial charge in [-0.3, -0.25) is 0 Å². The first-order valence-corrected chi connectivity index (χ1v) is 4.65. The van der Waals surface area contributed by atoms with Gasteiger partial charge in [0.25, 0.3) is 0 Å². The third kappa shape index (κ3) is 1.22. The van der Waals surface area contributed by atoms with Gasteiger partial charge in [0, 0.05) is 6.61 Å². The average Bonchev–Trinajstić information content (AvgIpc) is 2.07. The van der Waals surface area contributed by atoms with E-state index in [2.05, 4.69) is 12.2 Å². The van der Waals surface area contributed by atoms with E-state index in [1.54, 1.807) is 0 Å². The molecule has 1 saturated carbocycles. The van der Waals surface area contributed by atoms with E-state index in [1.807, 2.05) is 0 Å². The molecule has 0 amide bonds. The Hall–Kier alpha value is -0.300. The molecule has 11 heavy (non-hydrogen) atoms. The van der Waals surface area contributed by atoms with Crippen molar-refractivity contribution >= 4 is 0 Å². The van der Waals surface area contributed by atoms with E-state index < -0.39 is 0 Å². The topological polar surface area (TPSA) is 20.2 Å². The third-order valence-electron chi connectivity index (χ3n) is 3.36. The molecule has 0 radical (unpaired) electrons. The molecule has 1 N–H and O–H groups in total. The first-order valence-electron chi connectivity index (χ1n) is 4.65. The van der Waals surface area contributed by atoms with Crippen LogP contribution in [0.15, 0.2) is 12.2 Å². The SMILES string of the molecule is OCCC12C=CC(CC1)CC2. The molecule has 1 fully saturated rings.